The number of nitrogen functional groups attached to an aromatic ring is 1. The number of nitriles is 1. The van der Waals surface area contributed by atoms with Gasteiger partial charge in [0.05, 0.1) is 29.4 Å². The molecule has 29 heavy (non-hydrogen) atoms. The second-order valence-corrected chi connectivity index (χ2v) is 6.49. The van der Waals surface area contributed by atoms with E-state index in [1.165, 1.54) is 12.1 Å². The summed E-state index contributed by atoms with van der Waals surface area (Å²) >= 11 is 0. The van der Waals surface area contributed by atoms with Crippen molar-refractivity contribution >= 4 is 22.8 Å². The number of nitro benzene ring substituents is 1. The first-order valence-electron chi connectivity index (χ1n) is 8.69. The van der Waals surface area contributed by atoms with Crippen LogP contribution in [0.3, 0.4) is 0 Å². The van der Waals surface area contributed by atoms with Crippen LogP contribution in [0.5, 0.6) is 0 Å². The van der Waals surface area contributed by atoms with Crippen molar-refractivity contribution in [1.82, 2.24) is 19.5 Å². The molecule has 2 N–H and O–H groups in total. The summed E-state index contributed by atoms with van der Waals surface area (Å²) in [4.78, 5) is 23.6. The van der Waals surface area contributed by atoms with Gasteiger partial charge in [-0.3, -0.25) is 10.1 Å². The van der Waals surface area contributed by atoms with Crippen LogP contribution in [0.4, 0.5) is 11.6 Å². The standard InChI is InChI=1S/C20H15N7O2/c1-12-14(9-21)3-2-4-16(12)17-18-19(25-20(22)24-17)26(11-23-18)10-13-5-7-15(8-6-13)27(28)29/h2-8,11H,10H2,1H3,(H2,22,24,25). The van der Waals surface area contributed by atoms with Gasteiger partial charge in [-0.25, -0.2) is 9.97 Å². The van der Waals surface area contributed by atoms with Crippen molar-refractivity contribution in [3.05, 3.63) is 75.6 Å². The first-order chi connectivity index (χ1) is 14.0. The first kappa shape index (κ1) is 18.1. The minimum Gasteiger partial charge on any atom is -0.368 e. The highest BCUT2D eigenvalue weighted by Gasteiger charge is 2.17. The highest BCUT2D eigenvalue weighted by molar-refractivity contribution is 5.89. The van der Waals surface area contributed by atoms with Crippen LogP contribution < -0.4 is 5.73 Å². The second-order valence-electron chi connectivity index (χ2n) is 6.49. The van der Waals surface area contributed by atoms with Gasteiger partial charge in [0.1, 0.15) is 11.2 Å². The Morgan fingerprint density at radius 1 is 1.21 bits per heavy atom. The zero-order valence-corrected chi connectivity index (χ0v) is 15.4. The molecule has 0 aliphatic carbocycles. The summed E-state index contributed by atoms with van der Waals surface area (Å²) in [5.41, 5.74) is 10.6. The number of imidazole rings is 1. The van der Waals surface area contributed by atoms with Crippen molar-refractivity contribution in [1.29, 1.82) is 5.26 Å². The zero-order chi connectivity index (χ0) is 20.5. The molecule has 2 heterocycles. The minimum absolute atomic E-state index is 0.0333. The van der Waals surface area contributed by atoms with Crippen molar-refractivity contribution in [2.24, 2.45) is 0 Å². The second kappa shape index (κ2) is 7.01. The quantitative estimate of drug-likeness (QED) is 0.420. The van der Waals surface area contributed by atoms with Gasteiger partial charge in [-0.15, -0.1) is 0 Å². The van der Waals surface area contributed by atoms with Crippen LogP contribution >= 0.6 is 0 Å². The Morgan fingerprint density at radius 2 is 1.97 bits per heavy atom. The van der Waals surface area contributed by atoms with Crippen LogP contribution in [0.1, 0.15) is 16.7 Å². The number of nitro groups is 1. The van der Waals surface area contributed by atoms with E-state index in [1.54, 1.807) is 30.6 Å². The van der Waals surface area contributed by atoms with Gasteiger partial charge < -0.3 is 10.3 Å². The third kappa shape index (κ3) is 3.23. The molecule has 0 atom stereocenters. The lowest BCUT2D eigenvalue weighted by Gasteiger charge is -2.09. The summed E-state index contributed by atoms with van der Waals surface area (Å²) in [6.45, 7) is 2.27. The van der Waals surface area contributed by atoms with Crippen LogP contribution in [-0.4, -0.2) is 24.4 Å². The molecule has 4 aromatic rings. The van der Waals surface area contributed by atoms with Crippen LogP contribution in [0.2, 0.25) is 0 Å². The molecule has 2 aromatic heterocycles. The topological polar surface area (TPSA) is 137 Å². The van der Waals surface area contributed by atoms with E-state index in [1.807, 2.05) is 17.6 Å². The number of anilines is 1. The lowest BCUT2D eigenvalue weighted by atomic mass is 10.00. The normalized spacial score (nSPS) is 10.8. The lowest BCUT2D eigenvalue weighted by molar-refractivity contribution is -0.384. The Hall–Kier alpha value is -4.32. The SMILES string of the molecule is Cc1c(C#N)cccc1-c1nc(N)nc2c1ncn2Cc1ccc([N+](=O)[O-])cc1. The fourth-order valence-electron chi connectivity index (χ4n) is 3.20. The number of benzene rings is 2. The van der Waals surface area contributed by atoms with E-state index in [9.17, 15) is 15.4 Å². The van der Waals surface area contributed by atoms with Crippen LogP contribution in [0.15, 0.2) is 48.8 Å². The maximum Gasteiger partial charge on any atom is 0.269 e. The van der Waals surface area contributed by atoms with E-state index in [4.69, 9.17) is 5.73 Å². The Labute approximate surface area is 165 Å². The zero-order valence-electron chi connectivity index (χ0n) is 15.4. The van der Waals surface area contributed by atoms with Crippen LogP contribution in [-0.2, 0) is 6.54 Å². The third-order valence-electron chi connectivity index (χ3n) is 4.69. The third-order valence-corrected chi connectivity index (χ3v) is 4.69. The first-order valence-corrected chi connectivity index (χ1v) is 8.69. The van der Waals surface area contributed by atoms with Gasteiger partial charge in [0, 0.05) is 17.7 Å². The molecular weight excluding hydrogens is 370 g/mol. The Kier molecular flexibility index (Phi) is 4.37. The average molecular weight is 385 g/mol. The molecule has 0 fully saturated rings. The van der Waals surface area contributed by atoms with E-state index < -0.39 is 4.92 Å². The molecular formula is C20H15N7O2. The van der Waals surface area contributed by atoms with Crippen molar-refractivity contribution in [2.75, 3.05) is 5.73 Å². The van der Waals surface area contributed by atoms with Crippen molar-refractivity contribution < 1.29 is 4.92 Å². The van der Waals surface area contributed by atoms with Gasteiger partial charge in [0.25, 0.3) is 5.69 Å². The molecule has 0 amide bonds. The van der Waals surface area contributed by atoms with Gasteiger partial charge in [-0.2, -0.15) is 10.2 Å². The molecule has 0 saturated carbocycles. The highest BCUT2D eigenvalue weighted by atomic mass is 16.6. The van der Waals surface area contributed by atoms with Gasteiger partial charge in [-0.05, 0) is 24.1 Å². The number of hydrogen-bond donors (Lipinski definition) is 1. The van der Waals surface area contributed by atoms with Crippen molar-refractivity contribution in [3.63, 3.8) is 0 Å². The van der Waals surface area contributed by atoms with E-state index >= 15 is 0 Å². The molecule has 0 spiro atoms. The molecule has 142 valence electrons. The van der Waals surface area contributed by atoms with Gasteiger partial charge >= 0.3 is 0 Å². The summed E-state index contributed by atoms with van der Waals surface area (Å²) in [7, 11) is 0. The summed E-state index contributed by atoms with van der Waals surface area (Å²) in [5.74, 6) is 0.0970. The fourth-order valence-corrected chi connectivity index (χ4v) is 3.20. The monoisotopic (exact) mass is 385 g/mol. The summed E-state index contributed by atoms with van der Waals surface area (Å²) in [6.07, 6.45) is 1.63. The summed E-state index contributed by atoms with van der Waals surface area (Å²) < 4.78 is 1.81. The smallest absolute Gasteiger partial charge is 0.269 e. The predicted molar refractivity (Wildman–Crippen MR) is 107 cm³/mol. The number of non-ortho nitro benzene ring substituents is 1. The molecule has 9 heteroatoms. The Balaban J connectivity index is 1.80. The van der Waals surface area contributed by atoms with E-state index in [0.717, 1.165) is 16.7 Å². The van der Waals surface area contributed by atoms with Crippen molar-refractivity contribution in [3.8, 4) is 17.3 Å². The number of aromatic nitrogens is 4. The van der Waals surface area contributed by atoms with Crippen LogP contribution in [0.25, 0.3) is 22.4 Å². The van der Waals surface area contributed by atoms with Crippen LogP contribution in [0, 0.1) is 28.4 Å². The van der Waals surface area contributed by atoms with E-state index in [2.05, 4.69) is 21.0 Å². The molecule has 2 aromatic carbocycles. The fraction of sp³-hybridized carbons (Fsp3) is 0.100. The number of nitrogens with two attached hydrogens (primary N) is 1. The number of hydrogen-bond acceptors (Lipinski definition) is 7. The minimum atomic E-state index is -0.436. The molecule has 0 aliphatic heterocycles. The van der Waals surface area contributed by atoms with Crippen molar-refractivity contribution in [2.45, 2.75) is 13.5 Å². The van der Waals surface area contributed by atoms with Gasteiger partial charge in [-0.1, -0.05) is 24.3 Å². The van der Waals surface area contributed by atoms with Gasteiger partial charge in [0.15, 0.2) is 5.65 Å². The van der Waals surface area contributed by atoms with Gasteiger partial charge in [0.2, 0.25) is 5.95 Å². The largest absolute Gasteiger partial charge is 0.368 e. The molecule has 4 rings (SSSR count). The number of nitrogens with zero attached hydrogens (tertiary/aromatic N) is 6. The summed E-state index contributed by atoms with van der Waals surface area (Å²) in [6, 6.07) is 13.9. The Bertz CT molecular complexity index is 1290. The average Bonchev–Trinajstić information content (AvgIpc) is 3.10. The van der Waals surface area contributed by atoms with E-state index in [-0.39, 0.29) is 11.6 Å². The molecule has 0 unspecified atom stereocenters. The highest BCUT2D eigenvalue weighted by Crippen LogP contribution is 2.30. The Morgan fingerprint density at radius 3 is 2.66 bits per heavy atom. The number of rotatable bonds is 4. The molecule has 0 aliphatic rings. The number of fused-ring (bicyclic) bond motifs is 1. The maximum atomic E-state index is 10.8. The summed E-state index contributed by atoms with van der Waals surface area (Å²) in [5, 5.41) is 20.1. The molecule has 0 saturated heterocycles. The predicted octanol–water partition coefficient (Wildman–Crippen LogP) is 3.21. The van der Waals surface area contributed by atoms with E-state index in [0.29, 0.717) is 29.0 Å². The maximum absolute atomic E-state index is 10.8. The molecule has 9 nitrogen and oxygen atoms in total. The lowest BCUT2D eigenvalue weighted by Crippen LogP contribution is -2.04. The molecule has 0 radical (unpaired) electrons. The molecule has 0 bridgehead atoms.